The molecule has 8 bridgehead atoms. The number of hydrogen-bond acceptors (Lipinski definition) is 0. The zero-order valence-corrected chi connectivity index (χ0v) is 22.0. The van der Waals surface area contributed by atoms with Gasteiger partial charge >= 0.3 is 0 Å². The van der Waals surface area contributed by atoms with Crippen LogP contribution in [0.5, 0.6) is 0 Å². The number of aryl methyl sites for hydroxylation is 8. The Morgan fingerprint density at radius 2 is 0.553 bits per heavy atom. The van der Waals surface area contributed by atoms with Gasteiger partial charge in [-0.05, 0) is 118 Å². The topological polar surface area (TPSA) is 0 Å². The molecule has 5 aromatic rings. The molecule has 0 heteroatoms. The van der Waals surface area contributed by atoms with Gasteiger partial charge in [-0.15, -0.1) is 0 Å². The van der Waals surface area contributed by atoms with Crippen LogP contribution in [0, 0.1) is 0 Å². The van der Waals surface area contributed by atoms with Crippen molar-refractivity contribution in [2.75, 3.05) is 0 Å². The van der Waals surface area contributed by atoms with Crippen LogP contribution in [0.25, 0.3) is 22.3 Å². The Morgan fingerprint density at radius 3 is 0.921 bits per heavy atom. The van der Waals surface area contributed by atoms with Gasteiger partial charge in [-0.3, -0.25) is 0 Å². The minimum Gasteiger partial charge on any atom is -0.0588 e. The first-order chi connectivity index (χ1) is 18.8. The Balaban J connectivity index is 1.21. The molecule has 0 saturated carbocycles. The molecule has 8 aliphatic rings. The monoisotopic (exact) mass is 490 g/mol. The smallest absolute Gasteiger partial charge is 0.0149 e. The molecule has 0 unspecified atom stereocenters. The average molecular weight is 491 g/mol. The standard InChI is InChI=1S/C38H34/c1-5-29-6-2-27(1)9-11-31-15-19-33(17-13-29)37(25-31)35-21-23-36(24-22-35)38-26-32-12-10-28-3-7-30(8-4-28)14-18-34(38)20-16-32/h1-8,15-16,19-26H,9-14,17-18H2. The molecule has 8 aliphatic carbocycles. The average Bonchev–Trinajstić information content (AvgIpc) is 2.96. The van der Waals surface area contributed by atoms with Gasteiger partial charge in [0.05, 0.1) is 0 Å². The van der Waals surface area contributed by atoms with Crippen LogP contribution in [-0.2, 0) is 51.4 Å². The molecular weight excluding hydrogens is 456 g/mol. The van der Waals surface area contributed by atoms with Crippen LogP contribution in [0.4, 0.5) is 0 Å². The Bertz CT molecular complexity index is 1450. The molecule has 13 rings (SSSR count). The minimum atomic E-state index is 1.07. The lowest BCUT2D eigenvalue weighted by molar-refractivity contribution is 0.923. The van der Waals surface area contributed by atoms with Crippen LogP contribution >= 0.6 is 0 Å². The first kappa shape index (κ1) is 23.2. The summed E-state index contributed by atoms with van der Waals surface area (Å²) < 4.78 is 0. The van der Waals surface area contributed by atoms with Gasteiger partial charge in [0.2, 0.25) is 0 Å². The molecular formula is C38H34. The molecule has 38 heavy (non-hydrogen) atoms. The zero-order chi connectivity index (χ0) is 25.3. The highest BCUT2D eigenvalue weighted by molar-refractivity contribution is 5.74. The fraction of sp³-hybridized carbons (Fsp3) is 0.211. The predicted octanol–water partition coefficient (Wildman–Crippen LogP) is 8.79. The molecule has 0 spiro atoms. The van der Waals surface area contributed by atoms with E-state index in [4.69, 9.17) is 0 Å². The second-order valence-corrected chi connectivity index (χ2v) is 11.2. The summed E-state index contributed by atoms with van der Waals surface area (Å²) in [6.07, 6.45) is 8.69. The van der Waals surface area contributed by atoms with Crippen molar-refractivity contribution < 1.29 is 0 Å². The molecule has 0 atom stereocenters. The van der Waals surface area contributed by atoms with E-state index in [0.29, 0.717) is 0 Å². The van der Waals surface area contributed by atoms with E-state index in [9.17, 15) is 0 Å². The van der Waals surface area contributed by atoms with Gasteiger partial charge in [-0.1, -0.05) is 109 Å². The second kappa shape index (κ2) is 10.1. The maximum atomic E-state index is 2.45. The van der Waals surface area contributed by atoms with Crippen LogP contribution in [0.15, 0.2) is 109 Å². The van der Waals surface area contributed by atoms with Crippen molar-refractivity contribution in [3.63, 3.8) is 0 Å². The van der Waals surface area contributed by atoms with Gasteiger partial charge in [0, 0.05) is 0 Å². The third kappa shape index (κ3) is 4.84. The highest BCUT2D eigenvalue weighted by Crippen LogP contribution is 2.32. The first-order valence-electron chi connectivity index (χ1n) is 14.3. The number of rotatable bonds is 2. The SMILES string of the molecule is c1cc2ccc1CCc1ccc(c(-c3ccc(-c4cc5ccc4CCc4ccc(cc4)CC5)cc3)c1)CC2. The first-order valence-corrected chi connectivity index (χ1v) is 14.3. The zero-order valence-electron chi connectivity index (χ0n) is 22.0. The second-order valence-electron chi connectivity index (χ2n) is 11.2. The van der Waals surface area contributed by atoms with Gasteiger partial charge in [-0.2, -0.15) is 0 Å². The van der Waals surface area contributed by atoms with Crippen LogP contribution in [-0.4, -0.2) is 0 Å². The van der Waals surface area contributed by atoms with E-state index in [1.165, 1.54) is 66.8 Å². The molecule has 0 radical (unpaired) electrons. The molecule has 5 aromatic carbocycles. The highest BCUT2D eigenvalue weighted by Gasteiger charge is 2.13. The van der Waals surface area contributed by atoms with Crippen molar-refractivity contribution >= 4 is 0 Å². The molecule has 0 saturated heterocycles. The minimum absolute atomic E-state index is 1.07. The van der Waals surface area contributed by atoms with Gasteiger partial charge < -0.3 is 0 Å². The molecule has 0 nitrogen and oxygen atoms in total. The van der Waals surface area contributed by atoms with Gasteiger partial charge in [0.15, 0.2) is 0 Å². The number of benzene rings is 5. The molecule has 0 heterocycles. The number of hydrogen-bond donors (Lipinski definition) is 0. The lowest BCUT2D eigenvalue weighted by Crippen LogP contribution is -2.01. The van der Waals surface area contributed by atoms with E-state index >= 15 is 0 Å². The lowest BCUT2D eigenvalue weighted by atomic mass is 9.88. The summed E-state index contributed by atoms with van der Waals surface area (Å²) in [6, 6.07) is 42.3. The molecule has 0 amide bonds. The normalized spacial score (nSPS) is 14.5. The molecule has 0 N–H and O–H groups in total. The summed E-state index contributed by atoms with van der Waals surface area (Å²) >= 11 is 0. The Hall–Kier alpha value is -3.90. The van der Waals surface area contributed by atoms with Crippen molar-refractivity contribution in [3.8, 4) is 22.3 Å². The summed E-state index contributed by atoms with van der Waals surface area (Å²) in [5.74, 6) is 0. The van der Waals surface area contributed by atoms with Crippen molar-refractivity contribution in [2.24, 2.45) is 0 Å². The van der Waals surface area contributed by atoms with E-state index in [-0.39, 0.29) is 0 Å². The molecule has 186 valence electrons. The quantitative estimate of drug-likeness (QED) is 0.232. The Kier molecular flexibility index (Phi) is 6.18. The largest absolute Gasteiger partial charge is 0.0588 e. The van der Waals surface area contributed by atoms with E-state index in [2.05, 4.69) is 109 Å². The lowest BCUT2D eigenvalue weighted by Gasteiger charge is -2.17. The summed E-state index contributed by atoms with van der Waals surface area (Å²) in [6.45, 7) is 0. The maximum Gasteiger partial charge on any atom is -0.0149 e. The summed E-state index contributed by atoms with van der Waals surface area (Å²) in [5, 5.41) is 0. The van der Waals surface area contributed by atoms with Gasteiger partial charge in [0.1, 0.15) is 0 Å². The van der Waals surface area contributed by atoms with Crippen molar-refractivity contribution in [1.82, 2.24) is 0 Å². The molecule has 0 aliphatic heterocycles. The van der Waals surface area contributed by atoms with E-state index in [0.717, 1.165) is 51.4 Å². The molecule has 0 fully saturated rings. The predicted molar refractivity (Wildman–Crippen MR) is 160 cm³/mol. The van der Waals surface area contributed by atoms with Crippen LogP contribution in [0.3, 0.4) is 0 Å². The fourth-order valence-electron chi connectivity index (χ4n) is 6.24. The summed E-state index contributed by atoms with van der Waals surface area (Å²) in [4.78, 5) is 0. The van der Waals surface area contributed by atoms with Crippen molar-refractivity contribution in [3.05, 3.63) is 154 Å². The van der Waals surface area contributed by atoms with E-state index in [1.807, 2.05) is 0 Å². The Morgan fingerprint density at radius 1 is 0.263 bits per heavy atom. The van der Waals surface area contributed by atoms with Crippen LogP contribution < -0.4 is 0 Å². The fourth-order valence-corrected chi connectivity index (χ4v) is 6.24. The van der Waals surface area contributed by atoms with E-state index < -0.39 is 0 Å². The van der Waals surface area contributed by atoms with Crippen LogP contribution in [0.1, 0.15) is 44.5 Å². The Labute approximate surface area is 227 Å². The van der Waals surface area contributed by atoms with E-state index in [1.54, 1.807) is 0 Å². The van der Waals surface area contributed by atoms with Gasteiger partial charge in [0.25, 0.3) is 0 Å². The van der Waals surface area contributed by atoms with Crippen LogP contribution in [0.2, 0.25) is 0 Å². The summed E-state index contributed by atoms with van der Waals surface area (Å²) in [5.41, 5.74) is 17.0. The summed E-state index contributed by atoms with van der Waals surface area (Å²) in [7, 11) is 0. The highest BCUT2D eigenvalue weighted by atomic mass is 14.2. The van der Waals surface area contributed by atoms with Crippen molar-refractivity contribution in [2.45, 2.75) is 51.4 Å². The van der Waals surface area contributed by atoms with Gasteiger partial charge in [-0.25, -0.2) is 0 Å². The maximum absolute atomic E-state index is 2.45. The third-order valence-corrected chi connectivity index (χ3v) is 8.67. The van der Waals surface area contributed by atoms with Crippen molar-refractivity contribution in [1.29, 1.82) is 0 Å². The third-order valence-electron chi connectivity index (χ3n) is 8.67. The molecule has 0 aromatic heterocycles.